The van der Waals surface area contributed by atoms with Crippen LogP contribution in [-0.2, 0) is 14.3 Å². The van der Waals surface area contributed by atoms with E-state index in [4.69, 9.17) is 9.84 Å². The molecule has 15 heavy (non-hydrogen) atoms. The van der Waals surface area contributed by atoms with Gasteiger partial charge in [0.1, 0.15) is 0 Å². The Morgan fingerprint density at radius 3 is 2.13 bits per heavy atom. The molecule has 1 atom stereocenters. The van der Waals surface area contributed by atoms with Crippen molar-refractivity contribution in [2.45, 2.75) is 27.2 Å². The van der Waals surface area contributed by atoms with Gasteiger partial charge in [0.05, 0.1) is 12.5 Å². The van der Waals surface area contributed by atoms with Crippen molar-refractivity contribution in [2.75, 3.05) is 7.11 Å². The zero-order valence-electron chi connectivity index (χ0n) is 9.46. The third-order valence-corrected chi connectivity index (χ3v) is 3.15. The van der Waals surface area contributed by atoms with Gasteiger partial charge in [-0.3, -0.25) is 4.79 Å². The Kier molecular flexibility index (Phi) is 2.63. The van der Waals surface area contributed by atoms with E-state index >= 15 is 0 Å². The van der Waals surface area contributed by atoms with Gasteiger partial charge in [-0.25, -0.2) is 4.79 Å². The van der Waals surface area contributed by atoms with E-state index in [1.165, 1.54) is 20.1 Å². The number of carboxylic acids is 1. The number of carbonyl (C=O) groups excluding carboxylic acids is 1. The van der Waals surface area contributed by atoms with Gasteiger partial charge in [0, 0.05) is 5.57 Å². The van der Waals surface area contributed by atoms with Crippen molar-refractivity contribution in [3.05, 3.63) is 11.6 Å². The van der Waals surface area contributed by atoms with Crippen LogP contribution in [0.5, 0.6) is 0 Å². The summed E-state index contributed by atoms with van der Waals surface area (Å²) in [5.74, 6) is -1.35. The predicted molar refractivity (Wildman–Crippen MR) is 54.2 cm³/mol. The Morgan fingerprint density at radius 1 is 1.40 bits per heavy atom. The van der Waals surface area contributed by atoms with Gasteiger partial charge in [-0.2, -0.15) is 0 Å². The molecule has 1 aliphatic carbocycles. The van der Waals surface area contributed by atoms with Crippen molar-refractivity contribution in [3.8, 4) is 0 Å². The molecule has 0 aromatic rings. The minimum Gasteiger partial charge on any atom is -0.478 e. The van der Waals surface area contributed by atoms with Crippen LogP contribution in [0.25, 0.3) is 0 Å². The minimum absolute atomic E-state index is 0.186. The fourth-order valence-electron chi connectivity index (χ4n) is 1.92. The maximum absolute atomic E-state index is 11.6. The average Bonchev–Trinajstić information content (AvgIpc) is 2.68. The lowest BCUT2D eigenvalue weighted by Gasteiger charge is -2.14. The fourth-order valence-corrected chi connectivity index (χ4v) is 1.92. The molecule has 1 saturated carbocycles. The van der Waals surface area contributed by atoms with E-state index in [1.807, 2.05) is 13.8 Å². The number of aliphatic carboxylic acids is 1. The molecule has 0 saturated heterocycles. The maximum atomic E-state index is 11.6. The summed E-state index contributed by atoms with van der Waals surface area (Å²) < 4.78 is 4.72. The van der Waals surface area contributed by atoms with Crippen molar-refractivity contribution in [1.82, 2.24) is 0 Å². The monoisotopic (exact) mass is 212 g/mol. The quantitative estimate of drug-likeness (QED) is 0.570. The summed E-state index contributed by atoms with van der Waals surface area (Å²) in [6, 6.07) is 0. The number of ether oxygens (including phenoxy) is 1. The SMILES string of the molecule is COC(=O)C1(/C=C(\C)C(=O)O)CC1(C)C. The number of carbonyl (C=O) groups is 2. The first kappa shape index (κ1) is 11.8. The average molecular weight is 212 g/mol. The van der Waals surface area contributed by atoms with Gasteiger partial charge < -0.3 is 9.84 Å². The number of rotatable bonds is 3. The van der Waals surface area contributed by atoms with E-state index < -0.39 is 11.4 Å². The van der Waals surface area contributed by atoms with Crippen LogP contribution in [0.4, 0.5) is 0 Å². The van der Waals surface area contributed by atoms with Crippen LogP contribution in [0.3, 0.4) is 0 Å². The molecule has 4 nitrogen and oxygen atoms in total. The highest BCUT2D eigenvalue weighted by Crippen LogP contribution is 2.65. The molecular formula is C11H16O4. The molecule has 0 heterocycles. The first-order valence-corrected chi connectivity index (χ1v) is 4.78. The summed E-state index contributed by atoms with van der Waals surface area (Å²) in [5, 5.41) is 8.78. The van der Waals surface area contributed by atoms with Crippen molar-refractivity contribution in [2.24, 2.45) is 10.8 Å². The van der Waals surface area contributed by atoms with E-state index in [0.717, 1.165) is 0 Å². The first-order valence-electron chi connectivity index (χ1n) is 4.78. The Morgan fingerprint density at radius 2 is 1.87 bits per heavy atom. The Hall–Kier alpha value is -1.32. The number of hydrogen-bond donors (Lipinski definition) is 1. The second-order valence-electron chi connectivity index (χ2n) is 4.66. The molecule has 0 amide bonds. The van der Waals surface area contributed by atoms with Gasteiger partial charge in [0.2, 0.25) is 0 Å². The van der Waals surface area contributed by atoms with Gasteiger partial charge in [0.25, 0.3) is 0 Å². The predicted octanol–water partition coefficient (Wildman–Crippen LogP) is 1.61. The zero-order chi connectivity index (χ0) is 11.9. The van der Waals surface area contributed by atoms with E-state index in [9.17, 15) is 9.59 Å². The molecule has 1 unspecified atom stereocenters. The Bertz CT molecular complexity index is 340. The van der Waals surface area contributed by atoms with E-state index in [2.05, 4.69) is 0 Å². The molecule has 0 bridgehead atoms. The standard InChI is InChI=1S/C11H16O4/c1-7(8(12)13)5-11(9(14)15-4)6-10(11,2)3/h5H,6H2,1-4H3,(H,12,13)/b7-5+. The van der Waals surface area contributed by atoms with Crippen LogP contribution in [0.1, 0.15) is 27.2 Å². The normalized spacial score (nSPS) is 28.4. The van der Waals surface area contributed by atoms with Gasteiger partial charge >= 0.3 is 11.9 Å². The molecule has 1 fully saturated rings. The summed E-state index contributed by atoms with van der Waals surface area (Å²) in [4.78, 5) is 22.3. The lowest BCUT2D eigenvalue weighted by Crippen LogP contribution is -2.21. The highest BCUT2D eigenvalue weighted by Gasteiger charge is 2.66. The summed E-state index contributed by atoms with van der Waals surface area (Å²) in [6.45, 7) is 5.34. The smallest absolute Gasteiger partial charge is 0.330 e. The number of methoxy groups -OCH3 is 1. The zero-order valence-corrected chi connectivity index (χ0v) is 9.46. The van der Waals surface area contributed by atoms with E-state index in [-0.39, 0.29) is 17.0 Å². The fraction of sp³-hybridized carbons (Fsp3) is 0.636. The molecule has 0 spiro atoms. The van der Waals surface area contributed by atoms with Gasteiger partial charge in [-0.1, -0.05) is 19.9 Å². The van der Waals surface area contributed by atoms with E-state index in [1.54, 1.807) is 0 Å². The number of carboxylic acid groups (broad SMARTS) is 1. The molecule has 1 aliphatic rings. The molecule has 1 N–H and O–H groups in total. The van der Waals surface area contributed by atoms with Crippen LogP contribution in [0, 0.1) is 10.8 Å². The summed E-state index contributed by atoms with van der Waals surface area (Å²) in [7, 11) is 1.32. The van der Waals surface area contributed by atoms with Crippen molar-refractivity contribution < 1.29 is 19.4 Å². The largest absolute Gasteiger partial charge is 0.478 e. The second-order valence-corrected chi connectivity index (χ2v) is 4.66. The molecule has 0 radical (unpaired) electrons. The van der Waals surface area contributed by atoms with Crippen molar-refractivity contribution >= 4 is 11.9 Å². The Balaban J connectivity index is 3.03. The lowest BCUT2D eigenvalue weighted by molar-refractivity contribution is -0.146. The summed E-state index contributed by atoms with van der Waals surface area (Å²) in [5.41, 5.74) is -0.771. The maximum Gasteiger partial charge on any atom is 0.330 e. The van der Waals surface area contributed by atoms with Gasteiger partial charge in [-0.15, -0.1) is 0 Å². The highest BCUT2D eigenvalue weighted by atomic mass is 16.5. The molecule has 0 aromatic carbocycles. The topological polar surface area (TPSA) is 63.6 Å². The first-order chi connectivity index (χ1) is 6.77. The highest BCUT2D eigenvalue weighted by molar-refractivity contribution is 5.90. The molecule has 1 rings (SSSR count). The molecular weight excluding hydrogens is 196 g/mol. The van der Waals surface area contributed by atoms with Crippen molar-refractivity contribution in [3.63, 3.8) is 0 Å². The van der Waals surface area contributed by atoms with Crippen molar-refractivity contribution in [1.29, 1.82) is 0 Å². The van der Waals surface area contributed by atoms with Gasteiger partial charge in [-0.05, 0) is 18.8 Å². The minimum atomic E-state index is -0.999. The van der Waals surface area contributed by atoms with Crippen LogP contribution < -0.4 is 0 Å². The molecule has 4 heteroatoms. The van der Waals surface area contributed by atoms with E-state index in [0.29, 0.717) is 6.42 Å². The van der Waals surface area contributed by atoms with Crippen LogP contribution in [0.2, 0.25) is 0 Å². The Labute approximate surface area is 88.9 Å². The number of esters is 1. The molecule has 0 aromatic heterocycles. The number of hydrogen-bond acceptors (Lipinski definition) is 3. The molecule has 0 aliphatic heterocycles. The third-order valence-electron chi connectivity index (χ3n) is 3.15. The van der Waals surface area contributed by atoms with Crippen LogP contribution >= 0.6 is 0 Å². The third kappa shape index (κ3) is 1.76. The van der Waals surface area contributed by atoms with Gasteiger partial charge in [0.15, 0.2) is 0 Å². The second kappa shape index (κ2) is 3.36. The summed E-state index contributed by atoms with van der Waals surface area (Å²) in [6.07, 6.45) is 2.15. The lowest BCUT2D eigenvalue weighted by atomic mass is 9.93. The van der Waals surface area contributed by atoms with Crippen LogP contribution in [-0.4, -0.2) is 24.2 Å². The summed E-state index contributed by atoms with van der Waals surface area (Å²) >= 11 is 0. The van der Waals surface area contributed by atoms with Crippen LogP contribution in [0.15, 0.2) is 11.6 Å². The molecule has 84 valence electrons.